The van der Waals surface area contributed by atoms with Gasteiger partial charge in [-0.25, -0.2) is 0 Å². The van der Waals surface area contributed by atoms with Gasteiger partial charge in [0, 0.05) is 17.8 Å². The van der Waals surface area contributed by atoms with E-state index in [1.165, 1.54) is 26.4 Å². The molecule has 7 nitrogen and oxygen atoms in total. The summed E-state index contributed by atoms with van der Waals surface area (Å²) in [6.07, 6.45) is 0. The van der Waals surface area contributed by atoms with Crippen LogP contribution in [0.4, 0.5) is 10.7 Å². The zero-order valence-electron chi connectivity index (χ0n) is 11.3. The molecule has 0 bridgehead atoms. The Bertz CT molecular complexity index is 683. The van der Waals surface area contributed by atoms with Gasteiger partial charge in [-0.15, -0.1) is 0 Å². The van der Waals surface area contributed by atoms with E-state index in [9.17, 15) is 14.9 Å². The number of carbonyl (C=O) groups is 1. The molecule has 0 unspecified atom stereocenters. The number of nitro groups is 1. The number of thiophene rings is 1. The summed E-state index contributed by atoms with van der Waals surface area (Å²) in [4.78, 5) is 22.3. The lowest BCUT2D eigenvalue weighted by molar-refractivity contribution is -0.380. The van der Waals surface area contributed by atoms with Gasteiger partial charge in [-0.2, -0.15) is 0 Å². The smallest absolute Gasteiger partial charge is 0.324 e. The standard InChI is InChI=1S/C13H12N2O5S/c1-19-9-4-3-8(7-10(9)20-2)14-13(16)11-5-6-12(21-11)15(17)18/h3-7H,1-2H3,(H,14,16). The molecular formula is C13H12N2O5S. The Morgan fingerprint density at radius 1 is 1.19 bits per heavy atom. The summed E-state index contributed by atoms with van der Waals surface area (Å²) < 4.78 is 10.2. The van der Waals surface area contributed by atoms with Crippen molar-refractivity contribution >= 4 is 27.9 Å². The molecule has 110 valence electrons. The Balaban J connectivity index is 2.17. The Morgan fingerprint density at radius 2 is 1.90 bits per heavy atom. The zero-order chi connectivity index (χ0) is 15.4. The van der Waals surface area contributed by atoms with Crippen LogP contribution >= 0.6 is 11.3 Å². The fourth-order valence-electron chi connectivity index (χ4n) is 1.65. The highest BCUT2D eigenvalue weighted by Crippen LogP contribution is 2.30. The molecule has 0 aliphatic carbocycles. The molecular weight excluding hydrogens is 296 g/mol. The summed E-state index contributed by atoms with van der Waals surface area (Å²) in [5.74, 6) is 0.607. The first-order valence-electron chi connectivity index (χ1n) is 5.82. The van der Waals surface area contributed by atoms with Gasteiger partial charge in [0.25, 0.3) is 5.91 Å². The summed E-state index contributed by atoms with van der Waals surface area (Å²) in [6.45, 7) is 0. The number of hydrogen-bond acceptors (Lipinski definition) is 6. The number of hydrogen-bond donors (Lipinski definition) is 1. The number of carbonyl (C=O) groups excluding carboxylic acids is 1. The van der Waals surface area contributed by atoms with Gasteiger partial charge in [0.2, 0.25) is 0 Å². The molecule has 0 atom stereocenters. The third-order valence-electron chi connectivity index (χ3n) is 2.64. The van der Waals surface area contributed by atoms with Crippen LogP contribution in [0.25, 0.3) is 0 Å². The van der Waals surface area contributed by atoms with Gasteiger partial charge in [0.1, 0.15) is 0 Å². The molecule has 1 heterocycles. The van der Waals surface area contributed by atoms with Gasteiger partial charge < -0.3 is 14.8 Å². The quantitative estimate of drug-likeness (QED) is 0.677. The second kappa shape index (κ2) is 6.23. The maximum Gasteiger partial charge on any atom is 0.324 e. The summed E-state index contributed by atoms with van der Waals surface area (Å²) >= 11 is 0.819. The number of methoxy groups -OCH3 is 2. The minimum atomic E-state index is -0.530. The molecule has 0 aliphatic rings. The summed E-state index contributed by atoms with van der Waals surface area (Å²) in [5, 5.41) is 13.2. The van der Waals surface area contributed by atoms with Crippen LogP contribution in [-0.4, -0.2) is 25.1 Å². The highest BCUT2D eigenvalue weighted by molar-refractivity contribution is 7.17. The van der Waals surface area contributed by atoms with Crippen LogP contribution in [0.3, 0.4) is 0 Å². The summed E-state index contributed by atoms with van der Waals surface area (Å²) in [7, 11) is 3.01. The molecule has 0 saturated heterocycles. The monoisotopic (exact) mass is 308 g/mol. The van der Waals surface area contributed by atoms with Crippen LogP contribution in [0.2, 0.25) is 0 Å². The lowest BCUT2D eigenvalue weighted by Gasteiger charge is -2.10. The highest BCUT2D eigenvalue weighted by atomic mass is 32.1. The fraction of sp³-hybridized carbons (Fsp3) is 0.154. The third kappa shape index (κ3) is 3.29. The minimum Gasteiger partial charge on any atom is -0.493 e. The maximum atomic E-state index is 12.0. The second-order valence-corrected chi connectivity index (χ2v) is 4.98. The molecule has 0 saturated carbocycles. The van der Waals surface area contributed by atoms with E-state index >= 15 is 0 Å². The molecule has 1 aromatic heterocycles. The van der Waals surface area contributed by atoms with Crippen molar-refractivity contribution in [3.05, 3.63) is 45.3 Å². The van der Waals surface area contributed by atoms with E-state index in [1.807, 2.05) is 0 Å². The lowest BCUT2D eigenvalue weighted by Crippen LogP contribution is -2.10. The average molecular weight is 308 g/mol. The first-order valence-corrected chi connectivity index (χ1v) is 6.64. The van der Waals surface area contributed by atoms with Gasteiger partial charge in [0.05, 0.1) is 24.0 Å². The first-order chi connectivity index (χ1) is 10.0. The molecule has 2 aromatic rings. The molecule has 2 rings (SSSR count). The van der Waals surface area contributed by atoms with Crippen LogP contribution in [0, 0.1) is 10.1 Å². The molecule has 0 spiro atoms. The minimum absolute atomic E-state index is 0.0764. The number of ether oxygens (including phenoxy) is 2. The van der Waals surface area contributed by atoms with E-state index in [4.69, 9.17) is 9.47 Å². The lowest BCUT2D eigenvalue weighted by atomic mass is 10.2. The Morgan fingerprint density at radius 3 is 2.48 bits per heavy atom. The predicted octanol–water partition coefficient (Wildman–Crippen LogP) is 2.93. The average Bonchev–Trinajstić information content (AvgIpc) is 2.97. The second-order valence-electron chi connectivity index (χ2n) is 3.92. The first kappa shape index (κ1) is 14.8. The fourth-order valence-corrected chi connectivity index (χ4v) is 2.37. The third-order valence-corrected chi connectivity index (χ3v) is 3.67. The van der Waals surface area contributed by atoms with Crippen LogP contribution in [0.5, 0.6) is 11.5 Å². The molecule has 1 amide bonds. The molecule has 0 radical (unpaired) electrons. The Labute approximate surface area is 124 Å². The Kier molecular flexibility index (Phi) is 4.39. The summed E-state index contributed by atoms with van der Waals surface area (Å²) in [5.41, 5.74) is 0.508. The topological polar surface area (TPSA) is 90.7 Å². The van der Waals surface area contributed by atoms with Gasteiger partial charge >= 0.3 is 5.00 Å². The van der Waals surface area contributed by atoms with Gasteiger partial charge in [-0.3, -0.25) is 14.9 Å². The van der Waals surface area contributed by atoms with Crippen molar-refractivity contribution in [2.24, 2.45) is 0 Å². The number of nitrogens with zero attached hydrogens (tertiary/aromatic N) is 1. The van der Waals surface area contributed by atoms with Crippen molar-refractivity contribution in [2.45, 2.75) is 0 Å². The van der Waals surface area contributed by atoms with Gasteiger partial charge in [-0.1, -0.05) is 11.3 Å². The van der Waals surface area contributed by atoms with Crippen molar-refractivity contribution in [3.63, 3.8) is 0 Å². The van der Waals surface area contributed by atoms with Crippen molar-refractivity contribution in [1.82, 2.24) is 0 Å². The van der Waals surface area contributed by atoms with E-state index in [2.05, 4.69) is 5.32 Å². The van der Waals surface area contributed by atoms with E-state index in [0.29, 0.717) is 17.2 Å². The van der Waals surface area contributed by atoms with Crippen LogP contribution in [-0.2, 0) is 0 Å². The SMILES string of the molecule is COc1ccc(NC(=O)c2ccc([N+](=O)[O-])s2)cc1OC. The van der Waals surface area contributed by atoms with Crippen molar-refractivity contribution in [1.29, 1.82) is 0 Å². The maximum absolute atomic E-state index is 12.0. The molecule has 0 fully saturated rings. The van der Waals surface area contributed by atoms with E-state index in [-0.39, 0.29) is 9.88 Å². The molecule has 0 aliphatic heterocycles. The van der Waals surface area contributed by atoms with Crippen LogP contribution < -0.4 is 14.8 Å². The number of rotatable bonds is 5. The van der Waals surface area contributed by atoms with E-state index in [1.54, 1.807) is 18.2 Å². The number of benzene rings is 1. The number of nitrogens with one attached hydrogen (secondary N) is 1. The molecule has 21 heavy (non-hydrogen) atoms. The van der Waals surface area contributed by atoms with Crippen LogP contribution in [0.1, 0.15) is 9.67 Å². The zero-order valence-corrected chi connectivity index (χ0v) is 12.1. The Hall–Kier alpha value is -2.61. The van der Waals surface area contributed by atoms with Crippen molar-refractivity contribution in [3.8, 4) is 11.5 Å². The van der Waals surface area contributed by atoms with Crippen LogP contribution in [0.15, 0.2) is 30.3 Å². The largest absolute Gasteiger partial charge is 0.493 e. The van der Waals surface area contributed by atoms with E-state index < -0.39 is 10.8 Å². The van der Waals surface area contributed by atoms with Crippen molar-refractivity contribution in [2.75, 3.05) is 19.5 Å². The van der Waals surface area contributed by atoms with Crippen molar-refractivity contribution < 1.29 is 19.2 Å². The number of amides is 1. The van der Waals surface area contributed by atoms with E-state index in [0.717, 1.165) is 11.3 Å². The van der Waals surface area contributed by atoms with Gasteiger partial charge in [0.15, 0.2) is 11.5 Å². The number of anilines is 1. The highest BCUT2D eigenvalue weighted by Gasteiger charge is 2.16. The van der Waals surface area contributed by atoms with Gasteiger partial charge in [-0.05, 0) is 18.2 Å². The summed E-state index contributed by atoms with van der Waals surface area (Å²) in [6, 6.07) is 7.64. The molecule has 1 aromatic carbocycles. The molecule has 8 heteroatoms. The predicted molar refractivity (Wildman–Crippen MR) is 78.5 cm³/mol. The molecule has 1 N–H and O–H groups in total. The normalized spacial score (nSPS) is 10.0.